The molecule has 7 heteroatoms. The van der Waals surface area contributed by atoms with Crippen molar-refractivity contribution < 1.29 is 14.3 Å². The second-order valence-electron chi connectivity index (χ2n) is 9.54. The smallest absolute Gasteiger partial charge is 0.233 e. The highest BCUT2D eigenvalue weighted by atomic mass is 16.5. The van der Waals surface area contributed by atoms with Crippen molar-refractivity contribution in [2.24, 2.45) is 5.92 Å². The van der Waals surface area contributed by atoms with Crippen LogP contribution in [0, 0.1) is 12.8 Å². The first-order chi connectivity index (χ1) is 16.0. The SMILES string of the molecule is COc1ccccc1CN1C(=O)Cc2c(C)nc([C@@H]3CCCN(C(=O)C4CCCC4)C3)nc21. The summed E-state index contributed by atoms with van der Waals surface area (Å²) in [5.74, 6) is 2.88. The van der Waals surface area contributed by atoms with Crippen LogP contribution in [-0.2, 0) is 22.6 Å². The van der Waals surface area contributed by atoms with Gasteiger partial charge in [0.05, 0.1) is 20.1 Å². The highest BCUT2D eigenvalue weighted by Gasteiger charge is 2.35. The topological polar surface area (TPSA) is 75.6 Å². The maximum atomic E-state index is 13.0. The van der Waals surface area contributed by atoms with E-state index in [2.05, 4.69) is 0 Å². The van der Waals surface area contributed by atoms with E-state index in [0.29, 0.717) is 31.2 Å². The van der Waals surface area contributed by atoms with Crippen LogP contribution in [0.4, 0.5) is 5.82 Å². The van der Waals surface area contributed by atoms with Gasteiger partial charge in [-0.1, -0.05) is 31.0 Å². The van der Waals surface area contributed by atoms with E-state index in [-0.39, 0.29) is 17.7 Å². The van der Waals surface area contributed by atoms with Crippen LogP contribution in [0.5, 0.6) is 5.75 Å². The Morgan fingerprint density at radius 3 is 2.70 bits per heavy atom. The molecule has 2 aliphatic heterocycles. The zero-order chi connectivity index (χ0) is 22.9. The van der Waals surface area contributed by atoms with Gasteiger partial charge in [-0.15, -0.1) is 0 Å². The van der Waals surface area contributed by atoms with Gasteiger partial charge in [-0.05, 0) is 38.7 Å². The van der Waals surface area contributed by atoms with E-state index in [1.807, 2.05) is 36.1 Å². The number of anilines is 1. The Hall–Kier alpha value is -2.96. The molecule has 1 aliphatic carbocycles. The van der Waals surface area contributed by atoms with Crippen LogP contribution in [0.1, 0.15) is 67.1 Å². The summed E-state index contributed by atoms with van der Waals surface area (Å²) in [7, 11) is 1.64. The first-order valence-corrected chi connectivity index (χ1v) is 12.1. The molecule has 174 valence electrons. The molecule has 1 aromatic carbocycles. The average molecular weight is 449 g/mol. The lowest BCUT2D eigenvalue weighted by Gasteiger charge is -2.34. The second kappa shape index (κ2) is 9.12. The third-order valence-corrected chi connectivity index (χ3v) is 7.42. The number of nitrogens with zero attached hydrogens (tertiary/aromatic N) is 4. The van der Waals surface area contributed by atoms with E-state index < -0.39 is 0 Å². The summed E-state index contributed by atoms with van der Waals surface area (Å²) in [5, 5.41) is 0. The van der Waals surface area contributed by atoms with Crippen molar-refractivity contribution in [2.75, 3.05) is 25.1 Å². The van der Waals surface area contributed by atoms with E-state index in [1.54, 1.807) is 12.0 Å². The normalized spacial score (nSPS) is 20.9. The molecular formula is C26H32N4O3. The van der Waals surface area contributed by atoms with Gasteiger partial charge in [0, 0.05) is 41.7 Å². The lowest BCUT2D eigenvalue weighted by Crippen LogP contribution is -2.42. The molecule has 5 rings (SSSR count). The maximum absolute atomic E-state index is 13.0. The Labute approximate surface area is 195 Å². The monoisotopic (exact) mass is 448 g/mol. The van der Waals surface area contributed by atoms with E-state index in [9.17, 15) is 9.59 Å². The lowest BCUT2D eigenvalue weighted by atomic mass is 9.95. The summed E-state index contributed by atoms with van der Waals surface area (Å²) in [6.07, 6.45) is 6.63. The van der Waals surface area contributed by atoms with E-state index >= 15 is 0 Å². The predicted octanol–water partition coefficient (Wildman–Crippen LogP) is 3.78. The van der Waals surface area contributed by atoms with Crippen molar-refractivity contribution in [3.63, 3.8) is 0 Å². The molecule has 1 atom stereocenters. The second-order valence-corrected chi connectivity index (χ2v) is 9.54. The fourth-order valence-electron chi connectivity index (χ4n) is 5.57. The number of amides is 2. The molecule has 3 aliphatic rings. The highest BCUT2D eigenvalue weighted by molar-refractivity contribution is 6.00. The zero-order valence-corrected chi connectivity index (χ0v) is 19.5. The van der Waals surface area contributed by atoms with Gasteiger partial charge in [0.25, 0.3) is 0 Å². The van der Waals surface area contributed by atoms with Crippen LogP contribution in [-0.4, -0.2) is 46.9 Å². The van der Waals surface area contributed by atoms with E-state index in [4.69, 9.17) is 14.7 Å². The van der Waals surface area contributed by atoms with Gasteiger partial charge in [-0.25, -0.2) is 9.97 Å². The van der Waals surface area contributed by atoms with E-state index in [1.165, 1.54) is 0 Å². The third-order valence-electron chi connectivity index (χ3n) is 7.42. The Morgan fingerprint density at radius 2 is 1.91 bits per heavy atom. The number of piperidine rings is 1. The predicted molar refractivity (Wildman–Crippen MR) is 125 cm³/mol. The first kappa shape index (κ1) is 21.9. The summed E-state index contributed by atoms with van der Waals surface area (Å²) in [4.78, 5) is 39.5. The first-order valence-electron chi connectivity index (χ1n) is 12.1. The molecule has 2 amide bonds. The van der Waals surface area contributed by atoms with Crippen molar-refractivity contribution >= 4 is 17.6 Å². The van der Waals surface area contributed by atoms with Crippen LogP contribution >= 0.6 is 0 Å². The number of carbonyl (C=O) groups is 2. The fraction of sp³-hybridized carbons (Fsp3) is 0.538. The molecule has 33 heavy (non-hydrogen) atoms. The number of para-hydroxylation sites is 1. The number of aromatic nitrogens is 2. The van der Waals surface area contributed by atoms with Crippen molar-refractivity contribution in [3.05, 3.63) is 46.9 Å². The molecule has 0 unspecified atom stereocenters. The summed E-state index contributed by atoms with van der Waals surface area (Å²) in [6, 6.07) is 7.76. The number of hydrogen-bond donors (Lipinski definition) is 0. The number of aryl methyl sites for hydroxylation is 1. The van der Waals surface area contributed by atoms with Crippen LogP contribution in [0.3, 0.4) is 0 Å². The van der Waals surface area contributed by atoms with Crippen molar-refractivity contribution in [3.8, 4) is 5.75 Å². The molecular weight excluding hydrogens is 416 g/mol. The minimum Gasteiger partial charge on any atom is -0.496 e. The number of carbonyl (C=O) groups excluding carboxylic acids is 2. The van der Waals surface area contributed by atoms with Gasteiger partial charge in [-0.2, -0.15) is 0 Å². The molecule has 0 spiro atoms. The molecule has 1 saturated carbocycles. The van der Waals surface area contributed by atoms with Crippen molar-refractivity contribution in [1.82, 2.24) is 14.9 Å². The summed E-state index contributed by atoms with van der Waals surface area (Å²) in [6.45, 7) is 3.89. The van der Waals surface area contributed by atoms with Gasteiger partial charge >= 0.3 is 0 Å². The van der Waals surface area contributed by atoms with Gasteiger partial charge in [0.15, 0.2) is 0 Å². The van der Waals surface area contributed by atoms with E-state index in [0.717, 1.165) is 73.5 Å². The number of benzene rings is 1. The molecule has 2 aromatic rings. The van der Waals surface area contributed by atoms with Gasteiger partial charge in [0.2, 0.25) is 11.8 Å². The molecule has 7 nitrogen and oxygen atoms in total. The summed E-state index contributed by atoms with van der Waals surface area (Å²) < 4.78 is 5.49. The minimum atomic E-state index is 0.0344. The van der Waals surface area contributed by atoms with Gasteiger partial charge < -0.3 is 9.64 Å². The molecule has 0 bridgehead atoms. The van der Waals surface area contributed by atoms with Gasteiger partial charge in [-0.3, -0.25) is 14.5 Å². The highest BCUT2D eigenvalue weighted by Crippen LogP contribution is 2.35. The third kappa shape index (κ3) is 4.21. The molecule has 0 N–H and O–H groups in total. The Bertz CT molecular complexity index is 1060. The molecule has 2 fully saturated rings. The Morgan fingerprint density at radius 1 is 1.12 bits per heavy atom. The zero-order valence-electron chi connectivity index (χ0n) is 19.5. The Kier molecular flexibility index (Phi) is 6.04. The fourth-order valence-corrected chi connectivity index (χ4v) is 5.57. The van der Waals surface area contributed by atoms with Crippen LogP contribution in [0.15, 0.2) is 24.3 Å². The van der Waals surface area contributed by atoms with Crippen LogP contribution in [0.2, 0.25) is 0 Å². The summed E-state index contributed by atoms with van der Waals surface area (Å²) >= 11 is 0. The number of fused-ring (bicyclic) bond motifs is 1. The number of methoxy groups -OCH3 is 1. The largest absolute Gasteiger partial charge is 0.496 e. The maximum Gasteiger partial charge on any atom is 0.233 e. The Balaban J connectivity index is 1.40. The van der Waals surface area contributed by atoms with Crippen LogP contribution < -0.4 is 9.64 Å². The molecule has 1 saturated heterocycles. The van der Waals surface area contributed by atoms with Gasteiger partial charge in [0.1, 0.15) is 17.4 Å². The van der Waals surface area contributed by atoms with Crippen molar-refractivity contribution in [1.29, 1.82) is 0 Å². The number of ether oxygens (including phenoxy) is 1. The molecule has 1 aromatic heterocycles. The lowest BCUT2D eigenvalue weighted by molar-refractivity contribution is -0.136. The quantitative estimate of drug-likeness (QED) is 0.696. The molecule has 3 heterocycles. The average Bonchev–Trinajstić information content (AvgIpc) is 3.48. The summed E-state index contributed by atoms with van der Waals surface area (Å²) in [5.41, 5.74) is 2.73. The number of rotatable bonds is 5. The molecule has 0 radical (unpaired) electrons. The minimum absolute atomic E-state index is 0.0344. The van der Waals surface area contributed by atoms with Crippen LogP contribution in [0.25, 0.3) is 0 Å². The van der Waals surface area contributed by atoms with Crippen molar-refractivity contribution in [2.45, 2.75) is 64.3 Å². The standard InChI is InChI=1S/C26H32N4O3/c1-17-21-14-23(31)30(16-19-10-5-6-12-22(19)33-2)25(21)28-24(27-17)20-11-7-13-29(15-20)26(32)18-8-3-4-9-18/h5-6,10,12,18,20H,3-4,7-9,11,13-16H2,1-2H3/t20-/m1/s1. The number of hydrogen-bond acceptors (Lipinski definition) is 5. The number of likely N-dealkylation sites (tertiary alicyclic amines) is 1.